The maximum atomic E-state index is 12.2. The van der Waals surface area contributed by atoms with Crippen molar-refractivity contribution >= 4 is 55.3 Å². The first kappa shape index (κ1) is 18.8. The summed E-state index contributed by atoms with van der Waals surface area (Å²) in [5, 5.41) is 14.9. The fourth-order valence-corrected chi connectivity index (χ4v) is 3.74. The van der Waals surface area contributed by atoms with Gasteiger partial charge in [0, 0.05) is 10.7 Å². The topological polar surface area (TPSA) is 94.8 Å². The van der Waals surface area contributed by atoms with Crippen LogP contribution in [-0.4, -0.2) is 44.0 Å². The first-order chi connectivity index (χ1) is 12.6. The van der Waals surface area contributed by atoms with Gasteiger partial charge >= 0.3 is 0 Å². The van der Waals surface area contributed by atoms with Crippen molar-refractivity contribution in [2.75, 3.05) is 18.2 Å². The molecule has 0 atom stereocenters. The highest BCUT2D eigenvalue weighted by Crippen LogP contribution is 2.24. The molecule has 1 aromatic carbocycles. The molecule has 0 fully saturated rings. The zero-order chi connectivity index (χ0) is 18.5. The summed E-state index contributed by atoms with van der Waals surface area (Å²) in [6.07, 6.45) is 1.61. The number of pyridine rings is 1. The Morgan fingerprint density at radius 1 is 1.31 bits per heavy atom. The molecule has 0 bridgehead atoms. The molecule has 8 nitrogen and oxygen atoms in total. The molecule has 1 N–H and O–H groups in total. The number of tetrazole rings is 1. The second-order valence-electron chi connectivity index (χ2n) is 4.89. The van der Waals surface area contributed by atoms with E-state index in [0.29, 0.717) is 15.4 Å². The molecule has 0 aliphatic rings. The number of halogens is 2. The molecule has 0 saturated carbocycles. The van der Waals surface area contributed by atoms with Gasteiger partial charge in [0.05, 0.1) is 23.0 Å². The SMILES string of the molecule is COc1ccc(-n2nnnc2SCC(=O)Nc2ncc(Br)cc2Br)cc1. The van der Waals surface area contributed by atoms with Crippen LogP contribution in [0.25, 0.3) is 5.69 Å². The van der Waals surface area contributed by atoms with Crippen LogP contribution in [0.15, 0.2) is 50.6 Å². The second-order valence-corrected chi connectivity index (χ2v) is 7.60. The molecule has 0 saturated heterocycles. The maximum absolute atomic E-state index is 12.2. The molecule has 11 heteroatoms. The molecule has 2 heterocycles. The average molecular weight is 500 g/mol. The predicted molar refractivity (Wildman–Crippen MR) is 105 cm³/mol. The summed E-state index contributed by atoms with van der Waals surface area (Å²) >= 11 is 7.90. The van der Waals surface area contributed by atoms with Crippen LogP contribution in [0.3, 0.4) is 0 Å². The number of methoxy groups -OCH3 is 1. The van der Waals surface area contributed by atoms with Crippen molar-refractivity contribution in [2.24, 2.45) is 0 Å². The highest BCUT2D eigenvalue weighted by atomic mass is 79.9. The number of carbonyl (C=O) groups excluding carboxylic acids is 1. The highest BCUT2D eigenvalue weighted by molar-refractivity contribution is 9.11. The van der Waals surface area contributed by atoms with Gasteiger partial charge in [0.1, 0.15) is 11.6 Å². The third-order valence-corrected chi connectivity index (χ3v) is 5.11. The van der Waals surface area contributed by atoms with Crippen molar-refractivity contribution in [1.29, 1.82) is 0 Å². The van der Waals surface area contributed by atoms with Crippen LogP contribution in [0.5, 0.6) is 5.75 Å². The molecule has 1 amide bonds. The molecule has 134 valence electrons. The zero-order valence-electron chi connectivity index (χ0n) is 13.4. The minimum absolute atomic E-state index is 0.140. The lowest BCUT2D eigenvalue weighted by Gasteiger charge is -2.07. The number of thioether (sulfide) groups is 1. The van der Waals surface area contributed by atoms with Gasteiger partial charge in [-0.3, -0.25) is 4.79 Å². The van der Waals surface area contributed by atoms with Crippen molar-refractivity contribution in [3.63, 3.8) is 0 Å². The van der Waals surface area contributed by atoms with E-state index in [-0.39, 0.29) is 11.7 Å². The lowest BCUT2D eigenvalue weighted by molar-refractivity contribution is -0.113. The molecular weight excluding hydrogens is 488 g/mol. The third kappa shape index (κ3) is 4.59. The molecule has 0 aliphatic heterocycles. The van der Waals surface area contributed by atoms with Crippen LogP contribution in [0, 0.1) is 0 Å². The number of hydrogen-bond donors (Lipinski definition) is 1. The molecule has 3 aromatic rings. The van der Waals surface area contributed by atoms with E-state index in [2.05, 4.69) is 57.7 Å². The lowest BCUT2D eigenvalue weighted by Crippen LogP contribution is -2.16. The summed E-state index contributed by atoms with van der Waals surface area (Å²) in [7, 11) is 1.60. The van der Waals surface area contributed by atoms with Crippen LogP contribution in [-0.2, 0) is 4.79 Å². The Hall–Kier alpha value is -1.98. The Balaban J connectivity index is 1.64. The number of anilines is 1. The Morgan fingerprint density at radius 2 is 2.08 bits per heavy atom. The van der Waals surface area contributed by atoms with E-state index in [4.69, 9.17) is 4.74 Å². The predicted octanol–water partition coefficient (Wildman–Crippen LogP) is 3.32. The standard InChI is InChI=1S/C15H12Br2N6O2S/c1-25-11-4-2-10(3-5-11)23-15(20-21-22-23)26-8-13(24)19-14-12(17)6-9(16)7-18-14/h2-7H,8H2,1H3,(H,18,19,24). The summed E-state index contributed by atoms with van der Waals surface area (Å²) in [5.41, 5.74) is 0.774. The number of rotatable bonds is 6. The molecule has 0 unspecified atom stereocenters. The van der Waals surface area contributed by atoms with Crippen LogP contribution in [0.2, 0.25) is 0 Å². The minimum Gasteiger partial charge on any atom is -0.497 e. The minimum atomic E-state index is -0.213. The number of ether oxygens (including phenoxy) is 1. The quantitative estimate of drug-likeness (QED) is 0.519. The van der Waals surface area contributed by atoms with Crippen molar-refractivity contribution < 1.29 is 9.53 Å². The van der Waals surface area contributed by atoms with Gasteiger partial charge in [-0.25, -0.2) is 4.98 Å². The van der Waals surface area contributed by atoms with Crippen LogP contribution in [0.1, 0.15) is 0 Å². The number of benzene rings is 1. The number of nitrogens with one attached hydrogen (secondary N) is 1. The van der Waals surface area contributed by atoms with Crippen LogP contribution in [0.4, 0.5) is 5.82 Å². The summed E-state index contributed by atoms with van der Waals surface area (Å²) in [5.74, 6) is 1.12. The maximum Gasteiger partial charge on any atom is 0.236 e. The lowest BCUT2D eigenvalue weighted by atomic mass is 10.3. The number of amides is 1. The average Bonchev–Trinajstić information content (AvgIpc) is 3.11. The number of nitrogens with zero attached hydrogens (tertiary/aromatic N) is 5. The summed E-state index contributed by atoms with van der Waals surface area (Å²) in [6.45, 7) is 0. The van der Waals surface area contributed by atoms with Gasteiger partial charge in [0.15, 0.2) is 0 Å². The Kier molecular flexibility index (Phi) is 6.22. The van der Waals surface area contributed by atoms with Crippen molar-refractivity contribution in [1.82, 2.24) is 25.2 Å². The fourth-order valence-electron chi connectivity index (χ4n) is 1.96. The van der Waals surface area contributed by atoms with E-state index in [1.807, 2.05) is 24.3 Å². The summed E-state index contributed by atoms with van der Waals surface area (Å²) in [4.78, 5) is 16.3. The molecule has 0 radical (unpaired) electrons. The highest BCUT2D eigenvalue weighted by Gasteiger charge is 2.13. The Labute approximate surface area is 170 Å². The van der Waals surface area contributed by atoms with Gasteiger partial charge in [0.25, 0.3) is 0 Å². The Morgan fingerprint density at radius 3 is 2.77 bits per heavy atom. The van der Waals surface area contributed by atoms with Gasteiger partial charge in [-0.2, -0.15) is 4.68 Å². The molecular formula is C15H12Br2N6O2S. The molecule has 26 heavy (non-hydrogen) atoms. The monoisotopic (exact) mass is 498 g/mol. The third-order valence-electron chi connectivity index (χ3n) is 3.16. The van der Waals surface area contributed by atoms with E-state index in [1.54, 1.807) is 24.1 Å². The van der Waals surface area contributed by atoms with E-state index in [9.17, 15) is 4.79 Å². The van der Waals surface area contributed by atoms with Crippen molar-refractivity contribution in [3.05, 3.63) is 45.5 Å². The van der Waals surface area contributed by atoms with Crippen molar-refractivity contribution in [3.8, 4) is 11.4 Å². The smallest absolute Gasteiger partial charge is 0.236 e. The zero-order valence-corrected chi connectivity index (χ0v) is 17.4. The molecule has 2 aromatic heterocycles. The van der Waals surface area contributed by atoms with Gasteiger partial charge in [-0.15, -0.1) is 5.10 Å². The second kappa shape index (κ2) is 8.60. The Bertz CT molecular complexity index is 919. The summed E-state index contributed by atoms with van der Waals surface area (Å²) < 4.78 is 8.20. The van der Waals surface area contributed by atoms with E-state index < -0.39 is 0 Å². The van der Waals surface area contributed by atoms with Gasteiger partial charge < -0.3 is 10.1 Å². The van der Waals surface area contributed by atoms with E-state index in [0.717, 1.165) is 15.9 Å². The summed E-state index contributed by atoms with van der Waals surface area (Å²) in [6, 6.07) is 9.11. The van der Waals surface area contributed by atoms with Crippen LogP contribution < -0.4 is 10.1 Å². The number of hydrogen-bond acceptors (Lipinski definition) is 7. The fraction of sp³-hybridized carbons (Fsp3) is 0.133. The normalized spacial score (nSPS) is 10.6. The molecule has 0 aliphatic carbocycles. The van der Waals surface area contributed by atoms with Crippen LogP contribution >= 0.6 is 43.6 Å². The molecule has 3 rings (SSSR count). The first-order valence-electron chi connectivity index (χ1n) is 7.23. The van der Waals surface area contributed by atoms with Crippen molar-refractivity contribution in [2.45, 2.75) is 5.16 Å². The van der Waals surface area contributed by atoms with E-state index in [1.165, 1.54) is 11.8 Å². The number of aromatic nitrogens is 5. The van der Waals surface area contributed by atoms with Gasteiger partial charge in [0.2, 0.25) is 11.1 Å². The number of carbonyl (C=O) groups is 1. The first-order valence-corrected chi connectivity index (χ1v) is 9.80. The largest absolute Gasteiger partial charge is 0.497 e. The van der Waals surface area contributed by atoms with Gasteiger partial charge in [-0.1, -0.05) is 11.8 Å². The van der Waals surface area contributed by atoms with E-state index >= 15 is 0 Å². The molecule has 0 spiro atoms. The van der Waals surface area contributed by atoms with Gasteiger partial charge in [-0.05, 0) is 72.6 Å².